The molecule has 156 valence electrons. The Balaban J connectivity index is 1.75. The van der Waals surface area contributed by atoms with E-state index in [1.807, 2.05) is 6.07 Å². The molecule has 0 bridgehead atoms. The second-order valence-corrected chi connectivity index (χ2v) is 8.59. The number of halogens is 1. The van der Waals surface area contributed by atoms with Crippen molar-refractivity contribution in [1.82, 2.24) is 5.43 Å². The lowest BCUT2D eigenvalue weighted by atomic mass is 10.1. The number of hydrazone groups is 1. The van der Waals surface area contributed by atoms with Gasteiger partial charge in [0.15, 0.2) is 0 Å². The van der Waals surface area contributed by atoms with Crippen LogP contribution in [0.4, 0.5) is 5.69 Å². The Labute approximate surface area is 185 Å². The fraction of sp³-hybridized carbons (Fsp3) is 0.0455. The summed E-state index contributed by atoms with van der Waals surface area (Å²) >= 11 is 5.89. The number of sulfonamides is 1. The highest BCUT2D eigenvalue weighted by molar-refractivity contribution is 7.92. The standard InChI is InChI=1S/C22H17ClN4O3S/c1-15(17-10-8-16(14-24)9-11-17)25-26-22(28)18-4-2-7-21(12-18)31(29,30)27-20-6-3-5-19(23)13-20/h2-13,27H,1H3,(H,26,28)/b25-15+. The Morgan fingerprint density at radius 3 is 2.39 bits per heavy atom. The molecule has 0 unspecified atom stereocenters. The lowest BCUT2D eigenvalue weighted by molar-refractivity contribution is 0.0954. The number of anilines is 1. The Bertz CT molecular complexity index is 1300. The average Bonchev–Trinajstić information content (AvgIpc) is 2.77. The number of hydrogen-bond donors (Lipinski definition) is 2. The number of nitriles is 1. The highest BCUT2D eigenvalue weighted by Crippen LogP contribution is 2.20. The van der Waals surface area contributed by atoms with Gasteiger partial charge >= 0.3 is 0 Å². The monoisotopic (exact) mass is 452 g/mol. The van der Waals surface area contributed by atoms with Crippen LogP contribution in [0.5, 0.6) is 0 Å². The van der Waals surface area contributed by atoms with Crippen molar-refractivity contribution in [2.45, 2.75) is 11.8 Å². The third-order valence-electron chi connectivity index (χ3n) is 4.24. The van der Waals surface area contributed by atoms with Crippen molar-refractivity contribution in [3.05, 3.63) is 94.5 Å². The van der Waals surface area contributed by atoms with E-state index in [1.54, 1.807) is 49.4 Å². The molecule has 0 aliphatic heterocycles. The number of amides is 1. The maximum atomic E-state index is 12.7. The highest BCUT2D eigenvalue weighted by atomic mass is 35.5. The van der Waals surface area contributed by atoms with Gasteiger partial charge in [0.25, 0.3) is 15.9 Å². The lowest BCUT2D eigenvalue weighted by Crippen LogP contribution is -2.20. The molecule has 0 heterocycles. The normalized spacial score (nSPS) is 11.5. The van der Waals surface area contributed by atoms with Crippen LogP contribution in [-0.4, -0.2) is 20.0 Å². The van der Waals surface area contributed by atoms with Crippen LogP contribution < -0.4 is 10.1 Å². The fourth-order valence-corrected chi connectivity index (χ4v) is 3.91. The molecule has 0 saturated carbocycles. The highest BCUT2D eigenvalue weighted by Gasteiger charge is 2.17. The van der Waals surface area contributed by atoms with Gasteiger partial charge in [0.1, 0.15) is 0 Å². The summed E-state index contributed by atoms with van der Waals surface area (Å²) in [6.07, 6.45) is 0. The second kappa shape index (κ2) is 9.43. The van der Waals surface area contributed by atoms with Crippen molar-refractivity contribution in [2.24, 2.45) is 5.10 Å². The van der Waals surface area contributed by atoms with E-state index in [2.05, 4.69) is 15.2 Å². The van der Waals surface area contributed by atoms with Crippen LogP contribution in [0.1, 0.15) is 28.4 Å². The van der Waals surface area contributed by atoms with Gasteiger partial charge in [-0.05, 0) is 61.0 Å². The maximum Gasteiger partial charge on any atom is 0.271 e. The van der Waals surface area contributed by atoms with E-state index in [0.717, 1.165) is 5.56 Å². The SMILES string of the molecule is C/C(=N\NC(=O)c1cccc(S(=O)(=O)Nc2cccc(Cl)c2)c1)c1ccc(C#N)cc1. The van der Waals surface area contributed by atoms with Crippen molar-refractivity contribution in [1.29, 1.82) is 5.26 Å². The zero-order valence-corrected chi connectivity index (χ0v) is 17.9. The van der Waals surface area contributed by atoms with Crippen LogP contribution in [0.3, 0.4) is 0 Å². The van der Waals surface area contributed by atoms with Crippen molar-refractivity contribution in [3.8, 4) is 6.07 Å². The number of hydrogen-bond acceptors (Lipinski definition) is 5. The molecule has 0 spiro atoms. The molecule has 0 saturated heterocycles. The van der Waals surface area contributed by atoms with Gasteiger partial charge in [-0.2, -0.15) is 10.4 Å². The number of carbonyl (C=O) groups is 1. The van der Waals surface area contributed by atoms with E-state index in [9.17, 15) is 13.2 Å². The summed E-state index contributed by atoms with van der Waals surface area (Å²) in [6.45, 7) is 1.71. The molecule has 31 heavy (non-hydrogen) atoms. The molecule has 0 aliphatic carbocycles. The number of nitrogens with zero attached hydrogens (tertiary/aromatic N) is 2. The summed E-state index contributed by atoms with van der Waals surface area (Å²) in [5.41, 5.74) is 4.64. The van der Waals surface area contributed by atoms with E-state index >= 15 is 0 Å². The van der Waals surface area contributed by atoms with Crippen LogP contribution in [0, 0.1) is 11.3 Å². The van der Waals surface area contributed by atoms with Crippen LogP contribution >= 0.6 is 11.6 Å². The van der Waals surface area contributed by atoms with Gasteiger partial charge in [-0.15, -0.1) is 0 Å². The quantitative estimate of drug-likeness (QED) is 0.431. The van der Waals surface area contributed by atoms with Gasteiger partial charge < -0.3 is 0 Å². The Kier molecular flexibility index (Phi) is 6.70. The van der Waals surface area contributed by atoms with Gasteiger partial charge in [-0.1, -0.05) is 35.9 Å². The van der Waals surface area contributed by atoms with Crippen molar-refractivity contribution >= 4 is 38.9 Å². The average molecular weight is 453 g/mol. The van der Waals surface area contributed by atoms with Gasteiger partial charge in [0, 0.05) is 10.6 Å². The molecule has 0 fully saturated rings. The lowest BCUT2D eigenvalue weighted by Gasteiger charge is -2.09. The predicted molar refractivity (Wildman–Crippen MR) is 120 cm³/mol. The van der Waals surface area contributed by atoms with E-state index in [0.29, 0.717) is 22.0 Å². The van der Waals surface area contributed by atoms with E-state index < -0.39 is 15.9 Å². The predicted octanol–water partition coefficient (Wildman–Crippen LogP) is 4.17. The van der Waals surface area contributed by atoms with Gasteiger partial charge in [-0.3, -0.25) is 9.52 Å². The van der Waals surface area contributed by atoms with Gasteiger partial charge in [0.2, 0.25) is 0 Å². The topological polar surface area (TPSA) is 111 Å². The molecular formula is C22H17ClN4O3S. The minimum atomic E-state index is -3.92. The minimum absolute atomic E-state index is 0.0760. The summed E-state index contributed by atoms with van der Waals surface area (Å²) in [7, 11) is -3.92. The molecule has 9 heteroatoms. The first-order chi connectivity index (χ1) is 14.8. The third kappa shape index (κ3) is 5.69. The number of rotatable bonds is 6. The van der Waals surface area contributed by atoms with Crippen LogP contribution in [0.2, 0.25) is 5.02 Å². The smallest absolute Gasteiger partial charge is 0.271 e. The molecular weight excluding hydrogens is 436 g/mol. The largest absolute Gasteiger partial charge is 0.280 e. The summed E-state index contributed by atoms with van der Waals surface area (Å²) in [5, 5.41) is 13.3. The third-order valence-corrected chi connectivity index (χ3v) is 5.85. The second-order valence-electron chi connectivity index (χ2n) is 6.47. The van der Waals surface area contributed by atoms with E-state index in [4.69, 9.17) is 16.9 Å². The maximum absolute atomic E-state index is 12.7. The van der Waals surface area contributed by atoms with Gasteiger partial charge in [0.05, 0.1) is 27.9 Å². The molecule has 3 aromatic rings. The van der Waals surface area contributed by atoms with E-state index in [1.165, 1.54) is 30.3 Å². The molecule has 0 aromatic heterocycles. The fourth-order valence-electron chi connectivity index (χ4n) is 2.62. The molecule has 2 N–H and O–H groups in total. The molecule has 3 rings (SSSR count). The van der Waals surface area contributed by atoms with Crippen molar-refractivity contribution < 1.29 is 13.2 Å². The first-order valence-electron chi connectivity index (χ1n) is 9.02. The van der Waals surface area contributed by atoms with Crippen LogP contribution in [0.15, 0.2) is 82.8 Å². The van der Waals surface area contributed by atoms with Crippen molar-refractivity contribution in [3.63, 3.8) is 0 Å². The molecule has 1 amide bonds. The number of carbonyl (C=O) groups excluding carboxylic acids is 1. The number of benzene rings is 3. The Morgan fingerprint density at radius 1 is 1.00 bits per heavy atom. The molecule has 0 atom stereocenters. The molecule has 3 aromatic carbocycles. The van der Waals surface area contributed by atoms with Crippen molar-refractivity contribution in [2.75, 3.05) is 4.72 Å². The summed E-state index contributed by atoms with van der Waals surface area (Å²) in [5.74, 6) is -0.562. The molecule has 0 aliphatic rings. The first-order valence-corrected chi connectivity index (χ1v) is 10.9. The zero-order valence-electron chi connectivity index (χ0n) is 16.3. The molecule has 7 nitrogen and oxygen atoms in total. The number of nitrogens with one attached hydrogen (secondary N) is 2. The summed E-state index contributed by atoms with van der Waals surface area (Å²) in [6, 6.07) is 20.7. The Hall–Kier alpha value is -3.67. The summed E-state index contributed by atoms with van der Waals surface area (Å²) in [4.78, 5) is 12.4. The van der Waals surface area contributed by atoms with Crippen LogP contribution in [0.25, 0.3) is 0 Å². The minimum Gasteiger partial charge on any atom is -0.280 e. The van der Waals surface area contributed by atoms with Crippen LogP contribution in [-0.2, 0) is 10.0 Å². The zero-order chi connectivity index (χ0) is 22.4. The van der Waals surface area contributed by atoms with E-state index in [-0.39, 0.29) is 10.5 Å². The van der Waals surface area contributed by atoms with Gasteiger partial charge in [-0.25, -0.2) is 13.8 Å². The Morgan fingerprint density at radius 2 is 1.71 bits per heavy atom. The molecule has 0 radical (unpaired) electrons. The summed E-state index contributed by atoms with van der Waals surface area (Å²) < 4.78 is 27.7. The first kappa shape index (κ1) is 22.0.